The largest absolute Gasteiger partial charge is 0.383 e. The van der Waals surface area contributed by atoms with Gasteiger partial charge in [0.2, 0.25) is 11.8 Å². The van der Waals surface area contributed by atoms with E-state index in [1.54, 1.807) is 25.3 Å². The van der Waals surface area contributed by atoms with E-state index in [9.17, 15) is 14.0 Å². The quantitative estimate of drug-likeness (QED) is 0.279. The summed E-state index contributed by atoms with van der Waals surface area (Å²) in [5.74, 6) is -0.449. The number of nitrogens with zero attached hydrogens (tertiary/aromatic N) is 2. The van der Waals surface area contributed by atoms with Crippen molar-refractivity contribution in [1.29, 1.82) is 0 Å². The summed E-state index contributed by atoms with van der Waals surface area (Å²) in [7, 11) is 1.70. The van der Waals surface area contributed by atoms with Crippen LogP contribution in [-0.4, -0.2) is 59.8 Å². The Morgan fingerprint density at radius 3 is 2.75 bits per heavy atom. The molecule has 2 aliphatic rings. The normalized spacial score (nSPS) is 18.2. The predicted octanol–water partition coefficient (Wildman–Crippen LogP) is 5.44. The third kappa shape index (κ3) is 6.84. The molecule has 3 aromatic rings. The number of hydrogen-bond acceptors (Lipinski definition) is 5. The average molecular weight is 546 g/mol. The van der Waals surface area contributed by atoms with Gasteiger partial charge in [-0.05, 0) is 68.0 Å². The number of carbonyl (C=O) groups excluding carboxylic acids is 2. The van der Waals surface area contributed by atoms with Gasteiger partial charge in [0.25, 0.3) is 0 Å². The fourth-order valence-corrected chi connectivity index (χ4v) is 5.16. The Labute approximate surface area is 234 Å². The molecule has 8 nitrogen and oxygen atoms in total. The fourth-order valence-electron chi connectivity index (χ4n) is 5.16. The van der Waals surface area contributed by atoms with E-state index in [0.29, 0.717) is 36.5 Å². The predicted molar refractivity (Wildman–Crippen MR) is 154 cm³/mol. The van der Waals surface area contributed by atoms with Crippen molar-refractivity contribution in [2.24, 2.45) is 0 Å². The molecule has 2 heterocycles. The summed E-state index contributed by atoms with van der Waals surface area (Å²) in [6.45, 7) is 4.14. The topological polar surface area (TPSA) is 99.4 Å². The number of hydrogen-bond donors (Lipinski definition) is 3. The van der Waals surface area contributed by atoms with Crippen molar-refractivity contribution in [2.45, 2.75) is 50.5 Å². The highest BCUT2D eigenvalue weighted by Gasteiger charge is 2.26. The molecule has 1 saturated carbocycles. The molecule has 1 unspecified atom stereocenters. The zero-order valence-electron chi connectivity index (χ0n) is 23.0. The first-order valence-electron chi connectivity index (χ1n) is 13.9. The summed E-state index contributed by atoms with van der Waals surface area (Å²) < 4.78 is 20.2. The minimum absolute atomic E-state index is 0.116. The number of rotatable bonds is 11. The van der Waals surface area contributed by atoms with Gasteiger partial charge < -0.3 is 15.4 Å². The molecule has 2 aromatic carbocycles. The van der Waals surface area contributed by atoms with Crippen molar-refractivity contribution in [3.05, 3.63) is 77.8 Å². The Bertz CT molecular complexity index is 1380. The fraction of sp³-hybridized carbons (Fsp3) is 0.387. The monoisotopic (exact) mass is 545 g/mol. The summed E-state index contributed by atoms with van der Waals surface area (Å²) in [4.78, 5) is 27.6. The van der Waals surface area contributed by atoms with Crippen LogP contribution in [0, 0.1) is 5.82 Å². The summed E-state index contributed by atoms with van der Waals surface area (Å²) in [5, 5.41) is 12.7. The Morgan fingerprint density at radius 1 is 1.15 bits per heavy atom. The lowest BCUT2D eigenvalue weighted by Crippen LogP contribution is -2.33. The van der Waals surface area contributed by atoms with Gasteiger partial charge >= 0.3 is 0 Å². The molecule has 40 heavy (non-hydrogen) atoms. The van der Waals surface area contributed by atoms with Gasteiger partial charge in [0.1, 0.15) is 5.82 Å². The number of ether oxygens (including phenoxy) is 1. The number of aromatic nitrogens is 2. The van der Waals surface area contributed by atoms with E-state index >= 15 is 0 Å². The molecule has 3 N–H and O–H groups in total. The van der Waals surface area contributed by atoms with Gasteiger partial charge in [-0.2, -0.15) is 5.10 Å². The molecule has 0 radical (unpaired) electrons. The first-order valence-corrected chi connectivity index (χ1v) is 13.9. The van der Waals surface area contributed by atoms with Crippen molar-refractivity contribution in [1.82, 2.24) is 15.1 Å². The Morgan fingerprint density at radius 2 is 1.98 bits per heavy atom. The van der Waals surface area contributed by atoms with E-state index < -0.39 is 11.7 Å². The number of methoxy groups -OCH3 is 1. The molecule has 1 aromatic heterocycles. The maximum Gasteiger partial charge on any atom is 0.248 e. The minimum atomic E-state index is -0.528. The van der Waals surface area contributed by atoms with Crippen LogP contribution in [0.15, 0.2) is 60.7 Å². The van der Waals surface area contributed by atoms with Crippen molar-refractivity contribution >= 4 is 23.3 Å². The lowest BCUT2D eigenvalue weighted by atomic mass is 9.95. The summed E-state index contributed by atoms with van der Waals surface area (Å²) in [6, 6.07) is 14.5. The Hall–Kier alpha value is -3.82. The molecule has 9 heteroatoms. The van der Waals surface area contributed by atoms with Gasteiger partial charge in [-0.15, -0.1) is 0 Å². The standard InChI is InChI=1S/C31H36FN5O3/c1-20(31(39)34-29-18-28(35-36-29)21-10-11-21)22-6-3-7-23(16-22)24-12-13-27(26(32)17-24)33-30(38)9-5-15-37-14-4-8-25(37)19-40-2/h3,5-7,9,12-13,16-18,20-21,25H,4,8,10-11,14-15,19H2,1-2H3,(H,33,38)(H2,34,35,36,39)/b9-5+/t20?,25-/m0/s1. The van der Waals surface area contributed by atoms with Crippen LogP contribution in [0.25, 0.3) is 11.1 Å². The van der Waals surface area contributed by atoms with Crippen LogP contribution in [0.2, 0.25) is 0 Å². The maximum atomic E-state index is 15.0. The van der Waals surface area contributed by atoms with Crippen LogP contribution in [0.5, 0.6) is 0 Å². The Kier molecular flexibility index (Phi) is 8.72. The highest BCUT2D eigenvalue weighted by atomic mass is 19.1. The van der Waals surface area contributed by atoms with Crippen LogP contribution < -0.4 is 10.6 Å². The molecule has 1 saturated heterocycles. The smallest absolute Gasteiger partial charge is 0.248 e. The number of carbonyl (C=O) groups is 2. The summed E-state index contributed by atoms with van der Waals surface area (Å²) in [6.07, 6.45) is 7.76. The SMILES string of the molecule is COC[C@@H]1CCCN1C/C=C/C(=O)Nc1ccc(-c2cccc(C(C)C(=O)Nc3cc(C4CC4)[nH]n3)c2)cc1F. The van der Waals surface area contributed by atoms with Gasteiger partial charge in [-0.1, -0.05) is 36.4 Å². The van der Waals surface area contributed by atoms with Gasteiger partial charge in [0.05, 0.1) is 18.2 Å². The molecule has 1 aliphatic heterocycles. The number of nitrogens with one attached hydrogen (secondary N) is 3. The number of benzene rings is 2. The number of anilines is 2. The van der Waals surface area contributed by atoms with Crippen molar-refractivity contribution < 1.29 is 18.7 Å². The molecule has 2 fully saturated rings. The maximum absolute atomic E-state index is 15.0. The zero-order valence-corrected chi connectivity index (χ0v) is 23.0. The number of aromatic amines is 1. The number of H-pyrrole nitrogens is 1. The van der Waals surface area contributed by atoms with Gasteiger partial charge in [0, 0.05) is 43.5 Å². The molecule has 2 atom stereocenters. The molecule has 5 rings (SSSR count). The lowest BCUT2D eigenvalue weighted by Gasteiger charge is -2.21. The molecule has 0 bridgehead atoms. The number of likely N-dealkylation sites (tertiary alicyclic amines) is 1. The van der Waals surface area contributed by atoms with Crippen LogP contribution >= 0.6 is 0 Å². The minimum Gasteiger partial charge on any atom is -0.383 e. The van der Waals surface area contributed by atoms with E-state index in [2.05, 4.69) is 25.7 Å². The second-order valence-corrected chi connectivity index (χ2v) is 10.7. The Balaban J connectivity index is 1.18. The molecule has 1 aliphatic carbocycles. The third-order valence-electron chi connectivity index (χ3n) is 7.67. The van der Waals surface area contributed by atoms with E-state index in [1.165, 1.54) is 12.1 Å². The van der Waals surface area contributed by atoms with Crippen molar-refractivity contribution in [2.75, 3.05) is 37.4 Å². The third-order valence-corrected chi connectivity index (χ3v) is 7.67. The van der Waals surface area contributed by atoms with E-state index in [-0.39, 0.29) is 17.5 Å². The second kappa shape index (κ2) is 12.6. The van der Waals surface area contributed by atoms with Gasteiger partial charge in [-0.25, -0.2) is 4.39 Å². The molecule has 2 amide bonds. The highest BCUT2D eigenvalue weighted by molar-refractivity contribution is 5.99. The zero-order chi connectivity index (χ0) is 28.1. The van der Waals surface area contributed by atoms with Crippen LogP contribution in [0.1, 0.15) is 55.7 Å². The molecular formula is C31H36FN5O3. The van der Waals surface area contributed by atoms with E-state index in [1.807, 2.05) is 37.3 Å². The molecular weight excluding hydrogens is 509 g/mol. The second-order valence-electron chi connectivity index (χ2n) is 10.7. The average Bonchev–Trinajstić information content (AvgIpc) is 3.55. The molecule has 0 spiro atoms. The van der Waals surface area contributed by atoms with Gasteiger partial charge in [0.15, 0.2) is 5.82 Å². The van der Waals surface area contributed by atoms with E-state index in [4.69, 9.17) is 4.74 Å². The summed E-state index contributed by atoms with van der Waals surface area (Å²) >= 11 is 0. The van der Waals surface area contributed by atoms with Crippen LogP contribution in [-0.2, 0) is 14.3 Å². The van der Waals surface area contributed by atoms with Crippen molar-refractivity contribution in [3.8, 4) is 11.1 Å². The number of halogens is 1. The lowest BCUT2D eigenvalue weighted by molar-refractivity contribution is -0.117. The first kappa shape index (κ1) is 27.7. The highest BCUT2D eigenvalue weighted by Crippen LogP contribution is 2.39. The molecule has 210 valence electrons. The van der Waals surface area contributed by atoms with E-state index in [0.717, 1.165) is 49.0 Å². The van der Waals surface area contributed by atoms with Crippen LogP contribution in [0.4, 0.5) is 15.9 Å². The van der Waals surface area contributed by atoms with Crippen molar-refractivity contribution in [3.63, 3.8) is 0 Å². The summed E-state index contributed by atoms with van der Waals surface area (Å²) in [5.41, 5.74) is 3.41. The van der Waals surface area contributed by atoms with Crippen LogP contribution in [0.3, 0.4) is 0 Å². The first-order chi connectivity index (χ1) is 19.4. The van der Waals surface area contributed by atoms with Gasteiger partial charge in [-0.3, -0.25) is 19.6 Å². The number of amides is 2.